The number of anilines is 1. The molecule has 98 valence electrons. The van der Waals surface area contributed by atoms with Gasteiger partial charge in [-0.2, -0.15) is 0 Å². The lowest BCUT2D eigenvalue weighted by Crippen LogP contribution is -2.51. The number of halogens is 1. The van der Waals surface area contributed by atoms with Gasteiger partial charge in [-0.3, -0.25) is 0 Å². The second-order valence-corrected chi connectivity index (χ2v) is 5.07. The first kappa shape index (κ1) is 13.0. The van der Waals surface area contributed by atoms with Gasteiger partial charge in [0.25, 0.3) is 0 Å². The van der Waals surface area contributed by atoms with Crippen molar-refractivity contribution in [3.05, 3.63) is 29.3 Å². The van der Waals surface area contributed by atoms with Crippen LogP contribution in [0.25, 0.3) is 0 Å². The Bertz CT molecular complexity index is 428. The van der Waals surface area contributed by atoms with Gasteiger partial charge in [-0.1, -0.05) is 17.7 Å². The highest BCUT2D eigenvalue weighted by Gasteiger charge is 2.22. The van der Waals surface area contributed by atoms with Crippen molar-refractivity contribution in [3.8, 4) is 0 Å². The lowest BCUT2D eigenvalue weighted by molar-refractivity contribution is 0.168. The molecule has 0 aliphatic carbocycles. The summed E-state index contributed by atoms with van der Waals surface area (Å²) in [6.07, 6.45) is 0. The number of amides is 2. The monoisotopic (exact) mass is 267 g/mol. The summed E-state index contributed by atoms with van der Waals surface area (Å²) in [7, 11) is 3.57. The summed E-state index contributed by atoms with van der Waals surface area (Å²) in [5.41, 5.74) is 1.12. The van der Waals surface area contributed by atoms with Crippen molar-refractivity contribution in [2.45, 2.75) is 0 Å². The first-order valence-corrected chi connectivity index (χ1v) is 6.42. The molecule has 1 aromatic carbocycles. The van der Waals surface area contributed by atoms with Crippen LogP contribution >= 0.6 is 11.6 Å². The molecule has 0 saturated carbocycles. The first-order chi connectivity index (χ1) is 8.58. The van der Waals surface area contributed by atoms with Crippen molar-refractivity contribution in [1.29, 1.82) is 0 Å². The predicted octanol–water partition coefficient (Wildman–Crippen LogP) is 2.14. The van der Waals surface area contributed by atoms with Crippen molar-refractivity contribution in [1.82, 2.24) is 9.80 Å². The maximum atomic E-state index is 11.8. The second kappa shape index (κ2) is 5.48. The number of nitrogens with zero attached hydrogens (tertiary/aromatic N) is 3. The van der Waals surface area contributed by atoms with Crippen LogP contribution in [-0.4, -0.2) is 56.1 Å². The Morgan fingerprint density at radius 3 is 2.44 bits per heavy atom. The van der Waals surface area contributed by atoms with Crippen LogP contribution in [0.3, 0.4) is 0 Å². The van der Waals surface area contributed by atoms with Crippen LogP contribution in [0.1, 0.15) is 0 Å². The molecule has 1 heterocycles. The number of benzene rings is 1. The number of carbonyl (C=O) groups excluding carboxylic acids is 1. The van der Waals surface area contributed by atoms with Gasteiger partial charge >= 0.3 is 6.03 Å². The average Bonchev–Trinajstić information content (AvgIpc) is 2.38. The van der Waals surface area contributed by atoms with Gasteiger partial charge in [0, 0.05) is 51.0 Å². The Balaban J connectivity index is 1.96. The molecule has 1 saturated heterocycles. The molecular formula is C13H18ClN3O. The highest BCUT2D eigenvalue weighted by atomic mass is 35.5. The lowest BCUT2D eigenvalue weighted by Gasteiger charge is -2.37. The third kappa shape index (κ3) is 2.88. The SMILES string of the molecule is CN(C)C(=O)N1CCN(c2cccc(Cl)c2)CC1. The van der Waals surface area contributed by atoms with Gasteiger partial charge in [0.05, 0.1) is 0 Å². The molecule has 1 aliphatic heterocycles. The molecule has 1 aromatic rings. The maximum Gasteiger partial charge on any atom is 0.319 e. The summed E-state index contributed by atoms with van der Waals surface area (Å²) in [4.78, 5) is 17.6. The molecular weight excluding hydrogens is 250 g/mol. The third-order valence-corrected chi connectivity index (χ3v) is 3.34. The van der Waals surface area contributed by atoms with Crippen molar-refractivity contribution in [2.24, 2.45) is 0 Å². The molecule has 0 radical (unpaired) electrons. The van der Waals surface area contributed by atoms with E-state index < -0.39 is 0 Å². The number of hydrogen-bond acceptors (Lipinski definition) is 2. The van der Waals surface area contributed by atoms with E-state index in [1.807, 2.05) is 23.1 Å². The van der Waals surface area contributed by atoms with Crippen LogP contribution in [0, 0.1) is 0 Å². The molecule has 0 N–H and O–H groups in total. The normalized spacial score (nSPS) is 15.7. The van der Waals surface area contributed by atoms with E-state index in [4.69, 9.17) is 11.6 Å². The van der Waals surface area contributed by atoms with E-state index in [0.717, 1.165) is 36.9 Å². The fourth-order valence-electron chi connectivity index (χ4n) is 2.11. The fourth-order valence-corrected chi connectivity index (χ4v) is 2.30. The van der Waals surface area contributed by atoms with Gasteiger partial charge in [-0.25, -0.2) is 4.79 Å². The lowest BCUT2D eigenvalue weighted by atomic mass is 10.2. The minimum absolute atomic E-state index is 0.0840. The van der Waals surface area contributed by atoms with E-state index >= 15 is 0 Å². The molecule has 1 aliphatic rings. The molecule has 0 atom stereocenters. The summed E-state index contributed by atoms with van der Waals surface area (Å²) >= 11 is 5.99. The Morgan fingerprint density at radius 2 is 1.89 bits per heavy atom. The Hall–Kier alpha value is -1.42. The van der Waals surface area contributed by atoms with Crippen molar-refractivity contribution in [2.75, 3.05) is 45.2 Å². The summed E-state index contributed by atoms with van der Waals surface area (Å²) in [5.74, 6) is 0. The van der Waals surface area contributed by atoms with Crippen molar-refractivity contribution >= 4 is 23.3 Å². The summed E-state index contributed by atoms with van der Waals surface area (Å²) in [6.45, 7) is 3.20. The Labute approximate surface area is 113 Å². The maximum absolute atomic E-state index is 11.8. The highest BCUT2D eigenvalue weighted by Crippen LogP contribution is 2.20. The molecule has 0 unspecified atom stereocenters. The molecule has 5 heteroatoms. The van der Waals surface area contributed by atoms with Crippen LogP contribution in [0.15, 0.2) is 24.3 Å². The van der Waals surface area contributed by atoms with Crippen LogP contribution in [0.2, 0.25) is 5.02 Å². The molecule has 0 bridgehead atoms. The predicted molar refractivity (Wildman–Crippen MR) is 74.3 cm³/mol. The Morgan fingerprint density at radius 1 is 1.22 bits per heavy atom. The van der Waals surface area contributed by atoms with Gasteiger partial charge < -0.3 is 14.7 Å². The second-order valence-electron chi connectivity index (χ2n) is 4.63. The van der Waals surface area contributed by atoms with Gasteiger partial charge in [-0.05, 0) is 18.2 Å². The zero-order valence-electron chi connectivity index (χ0n) is 10.8. The molecule has 0 spiro atoms. The molecule has 2 amide bonds. The number of urea groups is 1. The number of piperazine rings is 1. The van der Waals surface area contributed by atoms with E-state index in [1.165, 1.54) is 0 Å². The van der Waals surface area contributed by atoms with Gasteiger partial charge in [0.15, 0.2) is 0 Å². The topological polar surface area (TPSA) is 26.8 Å². The quantitative estimate of drug-likeness (QED) is 0.780. The smallest absolute Gasteiger partial charge is 0.319 e. The minimum Gasteiger partial charge on any atom is -0.368 e. The third-order valence-electron chi connectivity index (χ3n) is 3.11. The van der Waals surface area contributed by atoms with Crippen molar-refractivity contribution in [3.63, 3.8) is 0 Å². The number of rotatable bonds is 1. The largest absolute Gasteiger partial charge is 0.368 e. The Kier molecular flexibility index (Phi) is 3.97. The molecule has 1 fully saturated rings. The van der Waals surface area contributed by atoms with Crippen molar-refractivity contribution < 1.29 is 4.79 Å². The van der Waals surface area contributed by atoms with Crippen LogP contribution in [-0.2, 0) is 0 Å². The number of hydrogen-bond donors (Lipinski definition) is 0. The summed E-state index contributed by atoms with van der Waals surface area (Å²) < 4.78 is 0. The van der Waals surface area contributed by atoms with Gasteiger partial charge in [-0.15, -0.1) is 0 Å². The fraction of sp³-hybridized carbons (Fsp3) is 0.462. The standard InChI is InChI=1S/C13H18ClN3O/c1-15(2)13(18)17-8-6-16(7-9-17)12-5-3-4-11(14)10-12/h3-5,10H,6-9H2,1-2H3. The minimum atomic E-state index is 0.0840. The highest BCUT2D eigenvalue weighted by molar-refractivity contribution is 6.30. The van der Waals surface area contributed by atoms with Crippen LogP contribution < -0.4 is 4.90 Å². The van der Waals surface area contributed by atoms with E-state index in [0.29, 0.717) is 0 Å². The molecule has 4 nitrogen and oxygen atoms in total. The average molecular weight is 268 g/mol. The zero-order valence-corrected chi connectivity index (χ0v) is 11.5. The van der Waals surface area contributed by atoms with E-state index in [-0.39, 0.29) is 6.03 Å². The number of carbonyl (C=O) groups is 1. The van der Waals surface area contributed by atoms with E-state index in [1.54, 1.807) is 19.0 Å². The van der Waals surface area contributed by atoms with Crippen LogP contribution in [0.4, 0.5) is 10.5 Å². The molecule has 2 rings (SSSR count). The van der Waals surface area contributed by atoms with E-state index in [9.17, 15) is 4.79 Å². The van der Waals surface area contributed by atoms with E-state index in [2.05, 4.69) is 11.0 Å². The van der Waals surface area contributed by atoms with Gasteiger partial charge in [0.2, 0.25) is 0 Å². The van der Waals surface area contributed by atoms with Gasteiger partial charge in [0.1, 0.15) is 0 Å². The molecule has 18 heavy (non-hydrogen) atoms. The molecule has 0 aromatic heterocycles. The first-order valence-electron chi connectivity index (χ1n) is 6.04. The zero-order chi connectivity index (χ0) is 13.1. The summed E-state index contributed by atoms with van der Waals surface area (Å²) in [5, 5.41) is 0.749. The summed E-state index contributed by atoms with van der Waals surface area (Å²) in [6, 6.07) is 7.92. The van der Waals surface area contributed by atoms with Crippen LogP contribution in [0.5, 0.6) is 0 Å².